The molecule has 0 spiro atoms. The number of ether oxygens (including phenoxy) is 1. The normalized spacial score (nSPS) is 26.1. The van der Waals surface area contributed by atoms with Gasteiger partial charge in [0.15, 0.2) is 0 Å². The lowest BCUT2D eigenvalue weighted by molar-refractivity contribution is -0.119. The molecule has 0 unspecified atom stereocenters. The number of hydrogen-bond donors (Lipinski definition) is 1. The van der Waals surface area contributed by atoms with E-state index < -0.39 is 0 Å². The van der Waals surface area contributed by atoms with E-state index in [0.717, 1.165) is 18.8 Å². The number of methoxy groups -OCH3 is 1. The SMILES string of the molecule is COc1ccc([C@@H]2CN(C3CCCCCC3)C[C@H]2NC(C)=O)cc1. The van der Waals surface area contributed by atoms with Gasteiger partial charge in [0, 0.05) is 38.0 Å². The van der Waals surface area contributed by atoms with Crippen molar-refractivity contribution >= 4 is 5.91 Å². The van der Waals surface area contributed by atoms with Gasteiger partial charge < -0.3 is 10.1 Å². The molecule has 1 saturated carbocycles. The van der Waals surface area contributed by atoms with Gasteiger partial charge in [-0.25, -0.2) is 0 Å². The molecule has 0 aromatic heterocycles. The van der Waals surface area contributed by atoms with E-state index in [0.29, 0.717) is 12.0 Å². The lowest BCUT2D eigenvalue weighted by Crippen LogP contribution is -2.40. The van der Waals surface area contributed by atoms with Gasteiger partial charge in [0.25, 0.3) is 0 Å². The summed E-state index contributed by atoms with van der Waals surface area (Å²) in [6, 6.07) is 9.23. The maximum absolute atomic E-state index is 11.7. The van der Waals surface area contributed by atoms with Gasteiger partial charge in [-0.15, -0.1) is 0 Å². The van der Waals surface area contributed by atoms with Gasteiger partial charge in [0.2, 0.25) is 5.91 Å². The first-order valence-electron chi connectivity index (χ1n) is 9.32. The molecule has 1 saturated heterocycles. The van der Waals surface area contributed by atoms with E-state index in [4.69, 9.17) is 4.74 Å². The minimum absolute atomic E-state index is 0.0706. The fourth-order valence-corrected chi connectivity index (χ4v) is 4.35. The Morgan fingerprint density at radius 2 is 1.75 bits per heavy atom. The van der Waals surface area contributed by atoms with Crippen LogP contribution >= 0.6 is 0 Å². The standard InChI is InChI=1S/C20H30N2O2/c1-15(23)21-20-14-22(17-7-5-3-4-6-8-17)13-19(20)16-9-11-18(24-2)12-10-16/h9-12,17,19-20H,3-8,13-14H2,1-2H3,(H,21,23)/t19-,20+/m0/s1. The highest BCUT2D eigenvalue weighted by Crippen LogP contribution is 2.33. The monoisotopic (exact) mass is 330 g/mol. The molecule has 1 N–H and O–H groups in total. The minimum Gasteiger partial charge on any atom is -0.497 e. The number of carbonyl (C=O) groups excluding carboxylic acids is 1. The predicted octanol–water partition coefficient (Wildman–Crippen LogP) is 3.32. The van der Waals surface area contributed by atoms with E-state index in [1.54, 1.807) is 14.0 Å². The van der Waals surface area contributed by atoms with Gasteiger partial charge in [-0.1, -0.05) is 37.8 Å². The highest BCUT2D eigenvalue weighted by Gasteiger charge is 2.37. The maximum atomic E-state index is 11.7. The van der Waals surface area contributed by atoms with E-state index in [9.17, 15) is 4.79 Å². The summed E-state index contributed by atoms with van der Waals surface area (Å²) in [5, 5.41) is 3.19. The van der Waals surface area contributed by atoms with Crippen molar-refractivity contribution < 1.29 is 9.53 Å². The fraction of sp³-hybridized carbons (Fsp3) is 0.650. The summed E-state index contributed by atoms with van der Waals surface area (Å²) in [5.41, 5.74) is 1.30. The molecule has 2 fully saturated rings. The molecular weight excluding hydrogens is 300 g/mol. The van der Waals surface area contributed by atoms with Crippen LogP contribution in [0.5, 0.6) is 5.75 Å². The van der Waals surface area contributed by atoms with Gasteiger partial charge in [-0.3, -0.25) is 9.69 Å². The summed E-state index contributed by atoms with van der Waals surface area (Å²) in [6.45, 7) is 3.64. The van der Waals surface area contributed by atoms with Gasteiger partial charge in [0.1, 0.15) is 5.75 Å². The molecule has 3 rings (SSSR count). The van der Waals surface area contributed by atoms with Crippen LogP contribution in [0, 0.1) is 0 Å². The van der Waals surface area contributed by atoms with E-state index in [2.05, 4.69) is 22.3 Å². The Labute approximate surface area is 145 Å². The number of likely N-dealkylation sites (tertiary alicyclic amines) is 1. The Morgan fingerprint density at radius 3 is 2.33 bits per heavy atom. The molecule has 1 aromatic carbocycles. The van der Waals surface area contributed by atoms with Crippen molar-refractivity contribution in [3.8, 4) is 5.75 Å². The minimum atomic E-state index is 0.0706. The second-order valence-corrected chi connectivity index (χ2v) is 7.29. The molecule has 1 aliphatic heterocycles. The van der Waals surface area contributed by atoms with Gasteiger partial charge in [-0.2, -0.15) is 0 Å². The zero-order valence-electron chi connectivity index (χ0n) is 15.0. The quantitative estimate of drug-likeness (QED) is 0.861. The third kappa shape index (κ3) is 4.10. The Bertz CT molecular complexity index is 535. The number of carbonyl (C=O) groups is 1. The van der Waals surface area contributed by atoms with Crippen LogP contribution in [-0.4, -0.2) is 43.1 Å². The zero-order chi connectivity index (χ0) is 16.9. The maximum Gasteiger partial charge on any atom is 0.217 e. The topological polar surface area (TPSA) is 41.6 Å². The highest BCUT2D eigenvalue weighted by molar-refractivity contribution is 5.73. The average molecular weight is 330 g/mol. The van der Waals surface area contributed by atoms with Crippen molar-refractivity contribution in [3.05, 3.63) is 29.8 Å². The van der Waals surface area contributed by atoms with Crippen molar-refractivity contribution in [1.29, 1.82) is 0 Å². The van der Waals surface area contributed by atoms with E-state index in [1.165, 1.54) is 44.1 Å². The fourth-order valence-electron chi connectivity index (χ4n) is 4.35. The number of nitrogens with zero attached hydrogens (tertiary/aromatic N) is 1. The molecule has 2 aliphatic rings. The zero-order valence-corrected chi connectivity index (χ0v) is 15.0. The van der Waals surface area contributed by atoms with Crippen molar-refractivity contribution in [1.82, 2.24) is 10.2 Å². The van der Waals surface area contributed by atoms with Crippen LogP contribution < -0.4 is 10.1 Å². The second kappa shape index (κ2) is 8.02. The van der Waals surface area contributed by atoms with Crippen LogP contribution in [0.2, 0.25) is 0 Å². The number of hydrogen-bond acceptors (Lipinski definition) is 3. The third-order valence-electron chi connectivity index (χ3n) is 5.62. The summed E-state index contributed by atoms with van der Waals surface area (Å²) < 4.78 is 5.27. The first kappa shape index (κ1) is 17.3. The molecule has 4 heteroatoms. The number of benzene rings is 1. The predicted molar refractivity (Wildman–Crippen MR) is 96.4 cm³/mol. The van der Waals surface area contributed by atoms with Gasteiger partial charge >= 0.3 is 0 Å². The van der Waals surface area contributed by atoms with E-state index in [-0.39, 0.29) is 11.9 Å². The molecule has 2 atom stereocenters. The molecular formula is C20H30N2O2. The highest BCUT2D eigenvalue weighted by atomic mass is 16.5. The average Bonchev–Trinajstić information content (AvgIpc) is 2.81. The lowest BCUT2D eigenvalue weighted by atomic mass is 9.94. The Balaban J connectivity index is 1.75. The molecule has 0 bridgehead atoms. The van der Waals surface area contributed by atoms with Gasteiger partial charge in [-0.05, 0) is 30.5 Å². The molecule has 1 amide bonds. The summed E-state index contributed by atoms with van der Waals surface area (Å²) in [6.07, 6.45) is 8.06. The molecule has 132 valence electrons. The van der Waals surface area contributed by atoms with Crippen LogP contribution in [0.15, 0.2) is 24.3 Å². The molecule has 1 heterocycles. The van der Waals surface area contributed by atoms with Crippen molar-refractivity contribution in [2.45, 2.75) is 63.5 Å². The molecule has 24 heavy (non-hydrogen) atoms. The van der Waals surface area contributed by atoms with Crippen molar-refractivity contribution in [3.63, 3.8) is 0 Å². The first-order valence-corrected chi connectivity index (χ1v) is 9.32. The first-order chi connectivity index (χ1) is 11.7. The Hall–Kier alpha value is -1.55. The second-order valence-electron chi connectivity index (χ2n) is 7.29. The third-order valence-corrected chi connectivity index (χ3v) is 5.62. The van der Waals surface area contributed by atoms with Crippen LogP contribution in [0.3, 0.4) is 0 Å². The van der Waals surface area contributed by atoms with Crippen molar-refractivity contribution in [2.24, 2.45) is 0 Å². The summed E-state index contributed by atoms with van der Waals surface area (Å²) in [5.74, 6) is 1.32. The van der Waals surface area contributed by atoms with Crippen LogP contribution in [0.4, 0.5) is 0 Å². The summed E-state index contributed by atoms with van der Waals surface area (Å²) in [4.78, 5) is 14.3. The largest absolute Gasteiger partial charge is 0.497 e. The summed E-state index contributed by atoms with van der Waals surface area (Å²) in [7, 11) is 1.69. The van der Waals surface area contributed by atoms with E-state index >= 15 is 0 Å². The van der Waals surface area contributed by atoms with E-state index in [1.807, 2.05) is 12.1 Å². The Morgan fingerprint density at radius 1 is 1.08 bits per heavy atom. The van der Waals surface area contributed by atoms with Crippen LogP contribution in [-0.2, 0) is 4.79 Å². The number of rotatable bonds is 4. The van der Waals surface area contributed by atoms with Crippen molar-refractivity contribution in [2.75, 3.05) is 20.2 Å². The summed E-state index contributed by atoms with van der Waals surface area (Å²) >= 11 is 0. The molecule has 4 nitrogen and oxygen atoms in total. The number of amides is 1. The molecule has 0 radical (unpaired) electrons. The number of nitrogens with one attached hydrogen (secondary N) is 1. The van der Waals surface area contributed by atoms with Crippen LogP contribution in [0.1, 0.15) is 56.9 Å². The van der Waals surface area contributed by atoms with Gasteiger partial charge in [0.05, 0.1) is 7.11 Å². The smallest absolute Gasteiger partial charge is 0.217 e. The molecule has 1 aliphatic carbocycles. The van der Waals surface area contributed by atoms with Crippen LogP contribution in [0.25, 0.3) is 0 Å². The molecule has 1 aromatic rings. The Kier molecular flexibility index (Phi) is 5.77. The lowest BCUT2D eigenvalue weighted by Gasteiger charge is -2.26.